The van der Waals surface area contributed by atoms with Crippen LogP contribution in [0.1, 0.15) is 12.5 Å². The zero-order chi connectivity index (χ0) is 31.8. The Labute approximate surface area is 256 Å². The van der Waals surface area contributed by atoms with Crippen LogP contribution in [-0.2, 0) is 43.9 Å². The zero-order valence-corrected chi connectivity index (χ0v) is 25.3. The van der Waals surface area contributed by atoms with Gasteiger partial charge in [-0.05, 0) is 23.9 Å². The lowest BCUT2D eigenvalue weighted by Gasteiger charge is -2.27. The van der Waals surface area contributed by atoms with Gasteiger partial charge in [0, 0.05) is 12.4 Å². The number of aromatic amines is 1. The highest BCUT2D eigenvalue weighted by Gasteiger charge is 2.53. The summed E-state index contributed by atoms with van der Waals surface area (Å²) in [5, 5.41) is 22.9. The van der Waals surface area contributed by atoms with Gasteiger partial charge in [-0.1, -0.05) is 0 Å². The Bertz CT molecular complexity index is 1940. The Morgan fingerprint density at radius 2 is 1.60 bits per heavy atom. The highest BCUT2D eigenvalue weighted by Crippen LogP contribution is 2.54. The van der Waals surface area contributed by atoms with Crippen LogP contribution >= 0.6 is 14.5 Å². The number of nitrogens with two attached hydrogens (primary N) is 2. The number of phosphoric ester groups is 1. The zero-order valence-electron chi connectivity index (χ0n) is 22.7. The lowest BCUT2D eigenvalue weighted by atomic mass is 10.1. The van der Waals surface area contributed by atoms with Crippen molar-refractivity contribution < 1.29 is 52.1 Å². The van der Waals surface area contributed by atoms with E-state index in [2.05, 4.69) is 19.9 Å². The normalized spacial score (nSPS) is 37.7. The van der Waals surface area contributed by atoms with Crippen LogP contribution in [0.15, 0.2) is 35.6 Å². The van der Waals surface area contributed by atoms with E-state index in [9.17, 15) is 29.4 Å². The van der Waals surface area contributed by atoms with Crippen molar-refractivity contribution in [3.05, 3.63) is 41.2 Å². The monoisotopic (exact) mass is 688 g/mol. The number of phosphoric acid groups is 1. The van der Waals surface area contributed by atoms with E-state index in [1.807, 2.05) is 0 Å². The summed E-state index contributed by atoms with van der Waals surface area (Å²) in [4.78, 5) is 48.6. The van der Waals surface area contributed by atoms with Crippen molar-refractivity contribution in [1.29, 1.82) is 0 Å². The number of H-pyrrole nitrogens is 1. The van der Waals surface area contributed by atoms with Gasteiger partial charge in [-0.25, -0.2) is 14.5 Å². The molecule has 9 N–H and O–H groups in total. The Morgan fingerprint density at radius 3 is 2.38 bits per heavy atom. The summed E-state index contributed by atoms with van der Waals surface area (Å²) in [5.74, 6) is -0.0223. The van der Waals surface area contributed by atoms with Gasteiger partial charge < -0.3 is 54.6 Å². The van der Waals surface area contributed by atoms with Crippen LogP contribution in [0.4, 0.5) is 11.8 Å². The summed E-state index contributed by atoms with van der Waals surface area (Å²) in [5.41, 5.74) is 11.4. The number of fused-ring (bicyclic) bond motifs is 5. The summed E-state index contributed by atoms with van der Waals surface area (Å²) in [6, 6.07) is 3.02. The van der Waals surface area contributed by atoms with E-state index in [0.29, 0.717) is 11.0 Å². The predicted octanol–water partition coefficient (Wildman–Crippen LogP) is -1.02. The first-order valence-electron chi connectivity index (χ1n) is 13.2. The van der Waals surface area contributed by atoms with Crippen LogP contribution in [-0.4, -0.2) is 98.9 Å². The molecule has 4 unspecified atom stereocenters. The molecule has 10 atom stereocenters. The standard InChI is InChI=1S/C22H26N8O12P2S/c23-16-8-1-3-29(17(8)26-7-25-16)21-15-12(31)10(39-21)5-37-43(34,35)41-14-11(6-38-44(36,45)42-15)40-20(13(14)32)30-4-2-9-18(30)27-22(24)28-19(9)33/h1-4,7,10-15,20-21,31-32H,5-6H2,(H,34,35)(H,36,45)(H2,23,25,26)(H3,24,27,28,33)/t10-,11-,12?,13?,14+,15+,20-,21-,44?/m1/s1. The van der Waals surface area contributed by atoms with Gasteiger partial charge in [-0.2, -0.15) is 4.98 Å². The smallest absolute Gasteiger partial charge is 0.387 e. The Hall–Kier alpha value is -2.88. The SMILES string of the molecule is Nc1nc2c(ccn2[C@@H]2O[C@@H]3COP(O)(=S)O[C@H]4C(O)[C@@H](COP(=O)(O)O[C@@H]3C2O)O[C@H]4n2ccc3c(N)ncnc32)c(=O)[nH]1. The lowest BCUT2D eigenvalue weighted by Crippen LogP contribution is -2.36. The van der Waals surface area contributed by atoms with Gasteiger partial charge in [0.05, 0.1) is 24.0 Å². The number of nitrogens with one attached hydrogen (secondary N) is 1. The molecule has 0 amide bonds. The number of aliphatic hydroxyl groups is 2. The number of nitrogen functional groups attached to an aromatic ring is 2. The van der Waals surface area contributed by atoms with E-state index in [4.69, 9.17) is 50.8 Å². The first-order chi connectivity index (χ1) is 21.3. The van der Waals surface area contributed by atoms with E-state index in [1.165, 1.54) is 33.9 Å². The summed E-state index contributed by atoms with van der Waals surface area (Å²) < 4.78 is 49.6. The van der Waals surface area contributed by atoms with Crippen LogP contribution in [0.5, 0.6) is 0 Å². The first-order valence-corrected chi connectivity index (χ1v) is 17.3. The molecular weight excluding hydrogens is 662 g/mol. The molecule has 0 aliphatic carbocycles. The molecule has 4 aromatic rings. The van der Waals surface area contributed by atoms with Gasteiger partial charge >= 0.3 is 14.5 Å². The van der Waals surface area contributed by atoms with Crippen LogP contribution < -0.4 is 17.0 Å². The molecule has 4 aromatic heterocycles. The van der Waals surface area contributed by atoms with Crippen LogP contribution in [0.2, 0.25) is 0 Å². The molecule has 3 saturated heterocycles. The van der Waals surface area contributed by atoms with E-state index in [1.54, 1.807) is 6.07 Å². The van der Waals surface area contributed by atoms with Gasteiger partial charge in [0.25, 0.3) is 5.56 Å². The van der Waals surface area contributed by atoms with Crippen molar-refractivity contribution in [2.75, 3.05) is 24.7 Å². The van der Waals surface area contributed by atoms with E-state index < -0.39 is 82.4 Å². The number of anilines is 2. The van der Waals surface area contributed by atoms with Crippen molar-refractivity contribution in [1.82, 2.24) is 29.1 Å². The summed E-state index contributed by atoms with van der Waals surface area (Å²) >= 11 is 5.25. The molecule has 7 rings (SSSR count). The van der Waals surface area contributed by atoms with Gasteiger partial charge in [-0.15, -0.1) is 0 Å². The molecule has 0 radical (unpaired) electrons. The second-order valence-electron chi connectivity index (χ2n) is 10.4. The molecule has 3 aliphatic heterocycles. The third-order valence-electron chi connectivity index (χ3n) is 7.62. The molecule has 3 fully saturated rings. The number of ether oxygens (including phenoxy) is 2. The number of rotatable bonds is 2. The Balaban J connectivity index is 1.21. The fourth-order valence-corrected chi connectivity index (χ4v) is 7.95. The minimum Gasteiger partial charge on any atom is -0.387 e. The van der Waals surface area contributed by atoms with E-state index >= 15 is 0 Å². The maximum absolute atomic E-state index is 13.1. The van der Waals surface area contributed by atoms with Crippen molar-refractivity contribution in [2.45, 2.75) is 49.1 Å². The largest absolute Gasteiger partial charge is 0.472 e. The molecule has 242 valence electrons. The van der Waals surface area contributed by atoms with Gasteiger partial charge in [-0.3, -0.25) is 23.3 Å². The molecule has 23 heteroatoms. The number of nitrogens with zero attached hydrogens (tertiary/aromatic N) is 5. The quantitative estimate of drug-likeness (QED) is 0.124. The molecule has 45 heavy (non-hydrogen) atoms. The maximum atomic E-state index is 13.1. The van der Waals surface area contributed by atoms with Crippen LogP contribution in [0.25, 0.3) is 22.1 Å². The van der Waals surface area contributed by atoms with Crippen molar-refractivity contribution >= 4 is 60.2 Å². The maximum Gasteiger partial charge on any atom is 0.472 e. The Morgan fingerprint density at radius 1 is 0.911 bits per heavy atom. The van der Waals surface area contributed by atoms with Crippen molar-refractivity contribution in [3.63, 3.8) is 0 Å². The number of hydrogen-bond donors (Lipinski definition) is 7. The molecule has 0 saturated carbocycles. The molecule has 3 aliphatic rings. The minimum atomic E-state index is -4.99. The van der Waals surface area contributed by atoms with E-state index in [-0.39, 0.29) is 22.8 Å². The molecule has 2 bridgehead atoms. The van der Waals surface area contributed by atoms with E-state index in [0.717, 1.165) is 0 Å². The molecular formula is C22H26N8O12P2S. The second-order valence-corrected chi connectivity index (χ2v) is 14.6. The van der Waals surface area contributed by atoms with Crippen LogP contribution in [0.3, 0.4) is 0 Å². The molecule has 20 nitrogen and oxygen atoms in total. The van der Waals surface area contributed by atoms with Crippen molar-refractivity contribution in [2.24, 2.45) is 0 Å². The highest BCUT2D eigenvalue weighted by atomic mass is 32.5. The minimum absolute atomic E-state index is 0.0485. The third kappa shape index (κ3) is 5.48. The fraction of sp³-hybridized carbons (Fsp3) is 0.455. The van der Waals surface area contributed by atoms with Gasteiger partial charge in [0.2, 0.25) is 5.95 Å². The lowest BCUT2D eigenvalue weighted by molar-refractivity contribution is -0.0634. The average Bonchev–Trinajstić information content (AvgIpc) is 3.72. The highest BCUT2D eigenvalue weighted by molar-refractivity contribution is 8.07. The third-order valence-corrected chi connectivity index (χ3v) is 10.2. The van der Waals surface area contributed by atoms with Crippen molar-refractivity contribution in [3.8, 4) is 0 Å². The van der Waals surface area contributed by atoms with Crippen LogP contribution in [0, 0.1) is 0 Å². The van der Waals surface area contributed by atoms with Gasteiger partial charge in [0.15, 0.2) is 18.1 Å². The Kier molecular flexibility index (Phi) is 7.61. The number of aliphatic hydroxyl groups excluding tert-OH is 2. The molecule has 7 heterocycles. The average molecular weight is 689 g/mol. The predicted molar refractivity (Wildman–Crippen MR) is 155 cm³/mol. The topological polar surface area (TPSA) is 287 Å². The summed E-state index contributed by atoms with van der Waals surface area (Å²) in [6.07, 6.45) is -7.20. The number of aromatic nitrogens is 6. The summed E-state index contributed by atoms with van der Waals surface area (Å²) in [7, 11) is -4.99. The summed E-state index contributed by atoms with van der Waals surface area (Å²) in [6.45, 7) is -5.53. The first kappa shape index (κ1) is 30.8. The molecule has 0 spiro atoms. The number of hydrogen-bond acceptors (Lipinski definition) is 16. The fourth-order valence-electron chi connectivity index (χ4n) is 5.57. The second kappa shape index (κ2) is 11.1. The van der Waals surface area contributed by atoms with Gasteiger partial charge in [0.1, 0.15) is 54.4 Å². The molecule has 0 aromatic carbocycles.